The van der Waals surface area contributed by atoms with E-state index in [0.29, 0.717) is 29.8 Å². The average Bonchev–Trinajstić information content (AvgIpc) is 3.50. The molecule has 0 saturated heterocycles. The maximum absolute atomic E-state index is 12.8. The van der Waals surface area contributed by atoms with Crippen LogP contribution in [0.5, 0.6) is 11.5 Å². The Morgan fingerprint density at radius 2 is 1.91 bits per heavy atom. The smallest absolute Gasteiger partial charge is 0.233 e. The van der Waals surface area contributed by atoms with Gasteiger partial charge in [0.1, 0.15) is 0 Å². The van der Waals surface area contributed by atoms with Crippen LogP contribution in [0.3, 0.4) is 0 Å². The molecular weight excluding hydrogens is 450 g/mol. The van der Waals surface area contributed by atoms with Crippen molar-refractivity contribution in [2.45, 2.75) is 30.4 Å². The number of carbonyl (C=O) groups is 1. The Labute approximate surface area is 201 Å². The van der Waals surface area contributed by atoms with Gasteiger partial charge in [0.2, 0.25) is 12.7 Å². The third-order valence-electron chi connectivity index (χ3n) is 5.38. The van der Waals surface area contributed by atoms with Gasteiger partial charge in [0.15, 0.2) is 22.5 Å². The number of carbonyl (C=O) groups excluding carboxylic acids is 1. The van der Waals surface area contributed by atoms with Crippen LogP contribution in [0.15, 0.2) is 78.2 Å². The van der Waals surface area contributed by atoms with Crippen LogP contribution in [0.1, 0.15) is 18.1 Å². The summed E-state index contributed by atoms with van der Waals surface area (Å²) in [6.07, 6.45) is 3.49. The molecule has 1 unspecified atom stereocenters. The summed E-state index contributed by atoms with van der Waals surface area (Å²) in [5.74, 6) is 2.06. The van der Waals surface area contributed by atoms with Crippen LogP contribution in [0, 0.1) is 0 Å². The lowest BCUT2D eigenvalue weighted by Gasteiger charge is -2.14. The molecule has 34 heavy (non-hydrogen) atoms. The van der Waals surface area contributed by atoms with Crippen molar-refractivity contribution in [1.82, 2.24) is 25.1 Å². The molecule has 4 aromatic rings. The number of nitrogens with one attached hydrogen (secondary N) is 1. The molecule has 0 radical (unpaired) electrons. The summed E-state index contributed by atoms with van der Waals surface area (Å²) < 4.78 is 12.8. The maximum atomic E-state index is 12.8. The van der Waals surface area contributed by atoms with Crippen molar-refractivity contribution < 1.29 is 14.3 Å². The van der Waals surface area contributed by atoms with Crippen LogP contribution in [0.25, 0.3) is 11.4 Å². The SMILES string of the molecule is CC(Sc1nnc(-c2cccnc2)n1Cc1ccccc1)C(=O)NCc1ccc2c(c1)OCO2. The van der Waals surface area contributed by atoms with Crippen molar-refractivity contribution in [3.05, 3.63) is 84.2 Å². The van der Waals surface area contributed by atoms with Crippen molar-refractivity contribution in [2.75, 3.05) is 6.79 Å². The normalized spacial score (nSPS) is 13.0. The minimum Gasteiger partial charge on any atom is -0.454 e. The summed E-state index contributed by atoms with van der Waals surface area (Å²) in [5, 5.41) is 12.1. The molecule has 0 bridgehead atoms. The van der Waals surface area contributed by atoms with E-state index in [1.165, 1.54) is 11.8 Å². The van der Waals surface area contributed by atoms with Gasteiger partial charge in [-0.1, -0.05) is 48.2 Å². The number of hydrogen-bond donors (Lipinski definition) is 1. The number of aromatic nitrogens is 4. The molecule has 0 fully saturated rings. The Morgan fingerprint density at radius 1 is 1.06 bits per heavy atom. The minimum atomic E-state index is -0.366. The van der Waals surface area contributed by atoms with E-state index >= 15 is 0 Å². The van der Waals surface area contributed by atoms with Crippen LogP contribution < -0.4 is 14.8 Å². The number of benzene rings is 2. The van der Waals surface area contributed by atoms with Gasteiger partial charge in [-0.3, -0.25) is 14.3 Å². The third-order valence-corrected chi connectivity index (χ3v) is 6.46. The van der Waals surface area contributed by atoms with Gasteiger partial charge in [-0.15, -0.1) is 10.2 Å². The first kappa shape index (κ1) is 22.0. The van der Waals surface area contributed by atoms with Crippen molar-refractivity contribution >= 4 is 17.7 Å². The fourth-order valence-electron chi connectivity index (χ4n) is 3.59. The highest BCUT2D eigenvalue weighted by Crippen LogP contribution is 2.32. The zero-order chi connectivity index (χ0) is 23.3. The highest BCUT2D eigenvalue weighted by molar-refractivity contribution is 8.00. The summed E-state index contributed by atoms with van der Waals surface area (Å²) in [6, 6.07) is 19.6. The zero-order valence-electron chi connectivity index (χ0n) is 18.5. The molecule has 0 spiro atoms. The van der Waals surface area contributed by atoms with E-state index in [2.05, 4.69) is 32.6 Å². The van der Waals surface area contributed by atoms with E-state index in [1.54, 1.807) is 12.4 Å². The molecule has 2 aromatic heterocycles. The summed E-state index contributed by atoms with van der Waals surface area (Å²) >= 11 is 1.38. The first-order chi connectivity index (χ1) is 16.7. The molecule has 1 aliphatic heterocycles. The number of hydrogen-bond acceptors (Lipinski definition) is 7. The molecule has 0 aliphatic carbocycles. The monoisotopic (exact) mass is 473 g/mol. The van der Waals surface area contributed by atoms with Gasteiger partial charge in [0.25, 0.3) is 0 Å². The van der Waals surface area contributed by atoms with Gasteiger partial charge < -0.3 is 14.8 Å². The highest BCUT2D eigenvalue weighted by atomic mass is 32.2. The summed E-state index contributed by atoms with van der Waals surface area (Å²) in [4.78, 5) is 17.1. The number of nitrogens with zero attached hydrogens (tertiary/aromatic N) is 4. The van der Waals surface area contributed by atoms with Gasteiger partial charge >= 0.3 is 0 Å². The summed E-state index contributed by atoms with van der Waals surface area (Å²) in [5.41, 5.74) is 2.94. The molecule has 0 saturated carbocycles. The molecule has 1 N–H and O–H groups in total. The van der Waals surface area contributed by atoms with Crippen molar-refractivity contribution in [3.8, 4) is 22.9 Å². The first-order valence-corrected chi connectivity index (χ1v) is 11.8. The summed E-state index contributed by atoms with van der Waals surface area (Å²) in [6.45, 7) is 3.08. The van der Waals surface area contributed by atoms with Crippen LogP contribution >= 0.6 is 11.8 Å². The van der Waals surface area contributed by atoms with Gasteiger partial charge in [0.05, 0.1) is 11.8 Å². The molecule has 172 valence electrons. The lowest BCUT2D eigenvalue weighted by Crippen LogP contribution is -2.30. The van der Waals surface area contributed by atoms with Crippen molar-refractivity contribution in [1.29, 1.82) is 0 Å². The molecule has 1 aliphatic rings. The molecule has 1 amide bonds. The van der Waals surface area contributed by atoms with E-state index in [1.807, 2.05) is 60.0 Å². The van der Waals surface area contributed by atoms with Crippen LogP contribution in [-0.4, -0.2) is 37.7 Å². The zero-order valence-corrected chi connectivity index (χ0v) is 19.4. The second-order valence-electron chi connectivity index (χ2n) is 7.79. The van der Waals surface area contributed by atoms with Gasteiger partial charge in [-0.2, -0.15) is 0 Å². The lowest BCUT2D eigenvalue weighted by molar-refractivity contribution is -0.120. The Balaban J connectivity index is 1.30. The maximum Gasteiger partial charge on any atom is 0.233 e. The highest BCUT2D eigenvalue weighted by Gasteiger charge is 2.21. The van der Waals surface area contributed by atoms with Crippen LogP contribution in [0.2, 0.25) is 0 Å². The molecule has 8 nitrogen and oxygen atoms in total. The molecule has 1 atom stereocenters. The summed E-state index contributed by atoms with van der Waals surface area (Å²) in [7, 11) is 0. The number of fused-ring (bicyclic) bond motifs is 1. The molecule has 5 rings (SSSR count). The van der Waals surface area contributed by atoms with Gasteiger partial charge in [-0.25, -0.2) is 0 Å². The van der Waals surface area contributed by atoms with E-state index < -0.39 is 0 Å². The fraction of sp³-hybridized carbons (Fsp3) is 0.200. The predicted octanol–water partition coefficient (Wildman–Crippen LogP) is 3.91. The molecule has 9 heteroatoms. The number of thioether (sulfide) groups is 1. The van der Waals surface area contributed by atoms with E-state index in [0.717, 1.165) is 22.4 Å². The van der Waals surface area contributed by atoms with Gasteiger partial charge in [0, 0.05) is 24.5 Å². The number of pyridine rings is 1. The Hall–Kier alpha value is -3.85. The van der Waals surface area contributed by atoms with Crippen LogP contribution in [0.4, 0.5) is 0 Å². The van der Waals surface area contributed by atoms with E-state index in [4.69, 9.17) is 9.47 Å². The number of amides is 1. The molecular formula is C25H23N5O3S. The topological polar surface area (TPSA) is 91.2 Å². The van der Waals surface area contributed by atoms with Crippen molar-refractivity contribution in [3.63, 3.8) is 0 Å². The standard InChI is InChI=1S/C25H23N5O3S/c1-17(24(31)27-13-19-9-10-21-22(12-19)33-16-32-21)34-25-29-28-23(20-8-5-11-26-14-20)30(25)15-18-6-3-2-4-7-18/h2-12,14,17H,13,15-16H2,1H3,(H,27,31). The fourth-order valence-corrected chi connectivity index (χ4v) is 4.46. The Bertz CT molecular complexity index is 1280. The van der Waals surface area contributed by atoms with E-state index in [-0.39, 0.29) is 18.0 Å². The lowest BCUT2D eigenvalue weighted by atomic mass is 10.2. The molecule has 2 aromatic carbocycles. The quantitative estimate of drug-likeness (QED) is 0.388. The predicted molar refractivity (Wildman–Crippen MR) is 129 cm³/mol. The molecule has 3 heterocycles. The minimum absolute atomic E-state index is 0.0835. The largest absolute Gasteiger partial charge is 0.454 e. The second-order valence-corrected chi connectivity index (χ2v) is 9.09. The second kappa shape index (κ2) is 9.96. The van der Waals surface area contributed by atoms with Crippen LogP contribution in [-0.2, 0) is 17.9 Å². The van der Waals surface area contributed by atoms with Crippen molar-refractivity contribution in [2.24, 2.45) is 0 Å². The number of rotatable bonds is 8. The number of ether oxygens (including phenoxy) is 2. The van der Waals surface area contributed by atoms with Gasteiger partial charge in [-0.05, 0) is 42.3 Å². The third kappa shape index (κ3) is 4.89. The Morgan fingerprint density at radius 3 is 2.74 bits per heavy atom. The Kier molecular flexibility index (Phi) is 6.44. The first-order valence-electron chi connectivity index (χ1n) is 10.9. The van der Waals surface area contributed by atoms with E-state index in [9.17, 15) is 4.79 Å². The average molecular weight is 474 g/mol.